The van der Waals surface area contributed by atoms with Crippen LogP contribution in [-0.4, -0.2) is 39.3 Å². The van der Waals surface area contributed by atoms with Crippen molar-refractivity contribution >= 4 is 21.6 Å². The van der Waals surface area contributed by atoms with Crippen LogP contribution in [0.2, 0.25) is 0 Å². The molecule has 0 aliphatic carbocycles. The Hall–Kier alpha value is -2.39. The van der Waals surface area contributed by atoms with Gasteiger partial charge in [0.15, 0.2) is 11.6 Å². The Kier molecular flexibility index (Phi) is 6.61. The fourth-order valence-electron chi connectivity index (χ4n) is 2.37. The maximum absolute atomic E-state index is 13.3. The highest BCUT2D eigenvalue weighted by Gasteiger charge is 2.21. The number of nitrogens with zero attached hydrogens (tertiary/aromatic N) is 2. The summed E-state index contributed by atoms with van der Waals surface area (Å²) in [5, 5.41) is 0. The average molecular weight is 400 g/mol. The number of amides is 1. The maximum atomic E-state index is 13.3. The van der Waals surface area contributed by atoms with Crippen LogP contribution in [0.15, 0.2) is 47.4 Å². The fourth-order valence-corrected chi connectivity index (χ4v) is 3.57. The maximum Gasteiger partial charge on any atom is 0.242 e. The molecule has 0 fully saturated rings. The molecular formula is C18H19F3N2O3S. The van der Waals surface area contributed by atoms with Gasteiger partial charge in [0, 0.05) is 38.8 Å². The van der Waals surface area contributed by atoms with E-state index in [1.54, 1.807) is 0 Å². The highest BCUT2D eigenvalue weighted by Crippen LogP contribution is 2.19. The fraction of sp³-hybridized carbons (Fsp3) is 0.278. The molecule has 5 nitrogen and oxygen atoms in total. The van der Waals surface area contributed by atoms with Crippen LogP contribution in [-0.2, 0) is 14.8 Å². The van der Waals surface area contributed by atoms with Crippen LogP contribution >= 0.6 is 0 Å². The molecule has 0 unspecified atom stereocenters. The molecule has 1 amide bonds. The molecule has 0 aliphatic rings. The molecule has 0 atom stereocenters. The number of rotatable bonds is 7. The zero-order chi connectivity index (χ0) is 20.2. The molecule has 0 aromatic heterocycles. The SMILES string of the molecule is CN(C(=O)CCCN(C)S(=O)(=O)c1ccc(F)cc1)c1ccc(F)c(F)c1. The van der Waals surface area contributed by atoms with E-state index in [9.17, 15) is 26.4 Å². The number of benzene rings is 2. The molecule has 0 heterocycles. The molecular weight excluding hydrogens is 381 g/mol. The first kappa shape index (κ1) is 20.9. The van der Waals surface area contributed by atoms with E-state index in [1.165, 1.54) is 37.2 Å². The quantitative estimate of drug-likeness (QED) is 0.717. The van der Waals surface area contributed by atoms with E-state index < -0.39 is 27.5 Å². The minimum Gasteiger partial charge on any atom is -0.315 e. The zero-order valence-electron chi connectivity index (χ0n) is 14.8. The first-order valence-electron chi connectivity index (χ1n) is 8.06. The normalized spacial score (nSPS) is 11.6. The van der Waals surface area contributed by atoms with E-state index >= 15 is 0 Å². The van der Waals surface area contributed by atoms with Gasteiger partial charge in [-0.2, -0.15) is 0 Å². The third-order valence-corrected chi connectivity index (χ3v) is 5.92. The summed E-state index contributed by atoms with van der Waals surface area (Å²) in [6.45, 7) is 0.0665. The molecule has 0 saturated heterocycles. The Labute approximate surface area is 156 Å². The van der Waals surface area contributed by atoms with E-state index in [0.717, 1.165) is 28.6 Å². The summed E-state index contributed by atoms with van der Waals surface area (Å²) >= 11 is 0. The molecule has 27 heavy (non-hydrogen) atoms. The monoisotopic (exact) mass is 400 g/mol. The number of hydrogen-bond donors (Lipinski definition) is 0. The molecule has 2 aromatic rings. The van der Waals surface area contributed by atoms with Crippen molar-refractivity contribution in [1.29, 1.82) is 0 Å². The summed E-state index contributed by atoms with van der Waals surface area (Å²) in [5.41, 5.74) is 0.200. The number of hydrogen-bond acceptors (Lipinski definition) is 3. The van der Waals surface area contributed by atoms with Gasteiger partial charge in [-0.25, -0.2) is 25.9 Å². The summed E-state index contributed by atoms with van der Waals surface area (Å²) < 4.78 is 65.0. The van der Waals surface area contributed by atoms with Crippen LogP contribution in [0.1, 0.15) is 12.8 Å². The number of sulfonamides is 1. The van der Waals surface area contributed by atoms with E-state index in [-0.39, 0.29) is 35.9 Å². The summed E-state index contributed by atoms with van der Waals surface area (Å²) in [5.74, 6) is -2.97. The van der Waals surface area contributed by atoms with Gasteiger partial charge >= 0.3 is 0 Å². The molecule has 146 valence electrons. The van der Waals surface area contributed by atoms with Crippen molar-refractivity contribution in [2.24, 2.45) is 0 Å². The van der Waals surface area contributed by atoms with Gasteiger partial charge in [-0.15, -0.1) is 0 Å². The minimum atomic E-state index is -3.79. The topological polar surface area (TPSA) is 57.7 Å². The van der Waals surface area contributed by atoms with Gasteiger partial charge in [0.2, 0.25) is 15.9 Å². The molecule has 0 N–H and O–H groups in total. The summed E-state index contributed by atoms with van der Waals surface area (Å²) in [6, 6.07) is 7.58. The second kappa shape index (κ2) is 8.53. The Bertz CT molecular complexity index is 918. The van der Waals surface area contributed by atoms with Crippen molar-refractivity contribution in [3.05, 3.63) is 59.9 Å². The van der Waals surface area contributed by atoms with Gasteiger partial charge in [-0.1, -0.05) is 0 Å². The average Bonchev–Trinajstić information content (AvgIpc) is 2.63. The highest BCUT2D eigenvalue weighted by molar-refractivity contribution is 7.89. The van der Waals surface area contributed by atoms with Gasteiger partial charge in [-0.05, 0) is 42.8 Å². The first-order valence-corrected chi connectivity index (χ1v) is 9.50. The predicted octanol–water partition coefficient (Wildman–Crippen LogP) is 3.17. The summed E-state index contributed by atoms with van der Waals surface area (Å²) in [7, 11) is -0.998. The molecule has 0 spiro atoms. The van der Waals surface area contributed by atoms with Crippen LogP contribution < -0.4 is 4.90 Å². The Morgan fingerprint density at radius 1 is 0.963 bits per heavy atom. The Morgan fingerprint density at radius 3 is 2.19 bits per heavy atom. The van der Waals surface area contributed by atoms with Crippen LogP contribution in [0.5, 0.6) is 0 Å². The lowest BCUT2D eigenvalue weighted by Crippen LogP contribution is -2.30. The second-order valence-corrected chi connectivity index (χ2v) is 7.98. The van der Waals surface area contributed by atoms with Gasteiger partial charge in [-0.3, -0.25) is 4.79 Å². The smallest absolute Gasteiger partial charge is 0.242 e. The van der Waals surface area contributed by atoms with E-state index in [4.69, 9.17) is 0 Å². The standard InChI is InChI=1S/C18H19F3N2O3S/c1-22(27(25,26)15-8-5-13(19)6-9-15)11-3-4-18(24)23(2)14-7-10-16(20)17(21)12-14/h5-10,12H,3-4,11H2,1-2H3. The van der Waals surface area contributed by atoms with Gasteiger partial charge in [0.25, 0.3) is 0 Å². The molecule has 2 aromatic carbocycles. The van der Waals surface area contributed by atoms with Crippen molar-refractivity contribution in [1.82, 2.24) is 4.31 Å². The lowest BCUT2D eigenvalue weighted by molar-refractivity contribution is -0.118. The third kappa shape index (κ3) is 5.08. The number of anilines is 1. The lowest BCUT2D eigenvalue weighted by atomic mass is 10.2. The Morgan fingerprint density at radius 2 is 1.59 bits per heavy atom. The van der Waals surface area contributed by atoms with Gasteiger partial charge in [0.1, 0.15) is 5.82 Å². The van der Waals surface area contributed by atoms with Gasteiger partial charge in [0.05, 0.1) is 4.90 Å². The van der Waals surface area contributed by atoms with Crippen molar-refractivity contribution in [2.75, 3.05) is 25.5 Å². The van der Waals surface area contributed by atoms with Crippen LogP contribution in [0, 0.1) is 17.5 Å². The molecule has 0 saturated carbocycles. The minimum absolute atomic E-state index is 0.0127. The van der Waals surface area contributed by atoms with Crippen molar-refractivity contribution in [2.45, 2.75) is 17.7 Å². The third-order valence-electron chi connectivity index (χ3n) is 4.05. The van der Waals surface area contributed by atoms with Crippen LogP contribution in [0.4, 0.5) is 18.9 Å². The van der Waals surface area contributed by atoms with E-state index in [0.29, 0.717) is 0 Å². The summed E-state index contributed by atoms with van der Waals surface area (Å²) in [4.78, 5) is 13.3. The number of carbonyl (C=O) groups is 1. The van der Waals surface area contributed by atoms with Crippen molar-refractivity contribution < 1.29 is 26.4 Å². The Balaban J connectivity index is 1.93. The van der Waals surface area contributed by atoms with E-state index in [2.05, 4.69) is 0 Å². The van der Waals surface area contributed by atoms with Crippen molar-refractivity contribution in [3.63, 3.8) is 0 Å². The predicted molar refractivity (Wildman–Crippen MR) is 95.2 cm³/mol. The molecule has 0 radical (unpaired) electrons. The lowest BCUT2D eigenvalue weighted by Gasteiger charge is -2.20. The number of carbonyl (C=O) groups excluding carboxylic acids is 1. The van der Waals surface area contributed by atoms with Crippen LogP contribution in [0.25, 0.3) is 0 Å². The van der Waals surface area contributed by atoms with Gasteiger partial charge < -0.3 is 4.90 Å². The highest BCUT2D eigenvalue weighted by atomic mass is 32.2. The van der Waals surface area contributed by atoms with E-state index in [1.807, 2.05) is 0 Å². The molecule has 0 aliphatic heterocycles. The zero-order valence-corrected chi connectivity index (χ0v) is 15.6. The van der Waals surface area contributed by atoms with Crippen LogP contribution in [0.3, 0.4) is 0 Å². The molecule has 2 rings (SSSR count). The van der Waals surface area contributed by atoms with Crippen molar-refractivity contribution in [3.8, 4) is 0 Å². The first-order chi connectivity index (χ1) is 12.6. The number of halogens is 3. The largest absolute Gasteiger partial charge is 0.315 e. The second-order valence-electron chi connectivity index (χ2n) is 5.94. The summed E-state index contributed by atoms with van der Waals surface area (Å²) in [6.07, 6.45) is 0.239. The molecule has 9 heteroatoms. The molecule has 0 bridgehead atoms.